The smallest absolute Gasteiger partial charge is 0.240 e. The Morgan fingerprint density at radius 3 is 2.46 bits per heavy atom. The molecule has 1 aromatic heterocycles. The summed E-state index contributed by atoms with van der Waals surface area (Å²) in [6, 6.07) is 8.73. The average Bonchev–Trinajstić information content (AvgIpc) is 2.67. The van der Waals surface area contributed by atoms with E-state index in [1.54, 1.807) is 24.4 Å². The number of benzene rings is 1. The van der Waals surface area contributed by atoms with E-state index in [0.717, 1.165) is 36.8 Å². The Labute approximate surface area is 167 Å². The van der Waals surface area contributed by atoms with Gasteiger partial charge in [0.15, 0.2) is 0 Å². The molecule has 0 bridgehead atoms. The third-order valence-corrected chi connectivity index (χ3v) is 6.44. The molecule has 3 rings (SSSR count). The summed E-state index contributed by atoms with van der Waals surface area (Å²) in [5.41, 5.74) is 1.91. The summed E-state index contributed by atoms with van der Waals surface area (Å²) in [5, 5.41) is 0. The number of nitrogens with one attached hydrogen (secondary N) is 1. The first kappa shape index (κ1) is 20.6. The second-order valence-corrected chi connectivity index (χ2v) is 8.96. The van der Waals surface area contributed by atoms with E-state index >= 15 is 0 Å². The molecule has 1 aliphatic carbocycles. The van der Waals surface area contributed by atoms with Crippen LogP contribution < -0.4 is 14.2 Å². The first-order valence-corrected chi connectivity index (χ1v) is 11.2. The minimum atomic E-state index is -3.55. The van der Waals surface area contributed by atoms with Gasteiger partial charge in [0.1, 0.15) is 11.9 Å². The van der Waals surface area contributed by atoms with Crippen LogP contribution >= 0.6 is 0 Å². The second kappa shape index (κ2) is 8.92. The largest absolute Gasteiger partial charge is 0.494 e. The lowest BCUT2D eigenvalue weighted by Crippen LogP contribution is -2.39. The molecule has 1 saturated carbocycles. The van der Waals surface area contributed by atoms with Gasteiger partial charge < -0.3 is 9.47 Å². The first-order valence-electron chi connectivity index (χ1n) is 9.72. The number of hydrogen-bond acceptors (Lipinski definition) is 5. The van der Waals surface area contributed by atoms with E-state index in [9.17, 15) is 8.42 Å². The summed E-state index contributed by atoms with van der Waals surface area (Å²) in [5.74, 6) is 1.34. The molecule has 1 fully saturated rings. The minimum Gasteiger partial charge on any atom is -0.494 e. The predicted molar refractivity (Wildman–Crippen MR) is 108 cm³/mol. The predicted octanol–water partition coefficient (Wildman–Crippen LogP) is 3.77. The van der Waals surface area contributed by atoms with E-state index in [1.165, 1.54) is 0 Å². The van der Waals surface area contributed by atoms with Crippen LogP contribution in [0.3, 0.4) is 0 Å². The van der Waals surface area contributed by atoms with Crippen molar-refractivity contribution in [3.63, 3.8) is 0 Å². The number of rotatable bonds is 7. The highest BCUT2D eigenvalue weighted by Gasteiger charge is 2.27. The molecule has 0 radical (unpaired) electrons. The fourth-order valence-corrected chi connectivity index (χ4v) is 4.78. The molecule has 7 heteroatoms. The lowest BCUT2D eigenvalue weighted by Gasteiger charge is -2.29. The Morgan fingerprint density at radius 1 is 1.11 bits per heavy atom. The molecule has 6 nitrogen and oxygen atoms in total. The van der Waals surface area contributed by atoms with Gasteiger partial charge in [-0.2, -0.15) is 0 Å². The summed E-state index contributed by atoms with van der Waals surface area (Å²) in [7, 11) is -3.55. The number of hydrogen-bond donors (Lipinski definition) is 1. The zero-order chi connectivity index (χ0) is 20.1. The van der Waals surface area contributed by atoms with Crippen LogP contribution in [0.4, 0.5) is 0 Å². The molecule has 0 atom stereocenters. The fraction of sp³-hybridized carbons (Fsp3) is 0.476. The third kappa shape index (κ3) is 5.23. The topological polar surface area (TPSA) is 77.5 Å². The summed E-state index contributed by atoms with van der Waals surface area (Å²) < 4.78 is 39.7. The normalized spacial score (nSPS) is 20.0. The van der Waals surface area contributed by atoms with Crippen LogP contribution in [-0.2, 0) is 10.0 Å². The second-order valence-electron chi connectivity index (χ2n) is 7.25. The van der Waals surface area contributed by atoms with Gasteiger partial charge in [0, 0.05) is 18.3 Å². The van der Waals surface area contributed by atoms with Gasteiger partial charge in [0.2, 0.25) is 15.9 Å². The molecule has 1 aliphatic rings. The third-order valence-electron chi connectivity index (χ3n) is 4.92. The standard InChI is InChI=1S/C21H28N2O4S/c1-4-26-20-11-10-19(13-16(20)3)28(24,25)23-17-6-8-18(9-7-17)27-21-12-5-15(2)14-22-21/h5,10-14,17-18,23H,4,6-9H2,1-3H3. The monoisotopic (exact) mass is 404 g/mol. The van der Waals surface area contributed by atoms with Crippen molar-refractivity contribution < 1.29 is 17.9 Å². The molecule has 1 N–H and O–H groups in total. The fourth-order valence-electron chi connectivity index (χ4n) is 3.39. The van der Waals surface area contributed by atoms with Crippen LogP contribution in [-0.4, -0.2) is 32.2 Å². The van der Waals surface area contributed by atoms with Crippen molar-refractivity contribution in [1.82, 2.24) is 9.71 Å². The van der Waals surface area contributed by atoms with Crippen molar-refractivity contribution in [3.05, 3.63) is 47.7 Å². The quantitative estimate of drug-likeness (QED) is 0.760. The average molecular weight is 405 g/mol. The summed E-state index contributed by atoms with van der Waals surface area (Å²) in [4.78, 5) is 4.55. The highest BCUT2D eigenvalue weighted by molar-refractivity contribution is 7.89. The maximum absolute atomic E-state index is 12.7. The molecule has 0 spiro atoms. The first-order chi connectivity index (χ1) is 13.4. The lowest BCUT2D eigenvalue weighted by molar-refractivity contribution is 0.138. The van der Waals surface area contributed by atoms with Gasteiger partial charge in [-0.15, -0.1) is 0 Å². The van der Waals surface area contributed by atoms with E-state index < -0.39 is 10.0 Å². The number of nitrogens with zero attached hydrogens (tertiary/aromatic N) is 1. The molecular weight excluding hydrogens is 376 g/mol. The number of sulfonamides is 1. The van der Waals surface area contributed by atoms with E-state index in [0.29, 0.717) is 18.2 Å². The Hall–Kier alpha value is -2.12. The Bertz CT molecular complexity index is 889. The molecule has 1 aromatic carbocycles. The molecule has 0 saturated heterocycles. The van der Waals surface area contributed by atoms with Gasteiger partial charge in [-0.05, 0) is 75.8 Å². The van der Waals surface area contributed by atoms with Crippen molar-refractivity contribution in [3.8, 4) is 11.6 Å². The number of ether oxygens (including phenoxy) is 2. The van der Waals surface area contributed by atoms with Crippen LogP contribution in [0.15, 0.2) is 41.4 Å². The van der Waals surface area contributed by atoms with Crippen LogP contribution in [0.2, 0.25) is 0 Å². The zero-order valence-electron chi connectivity index (χ0n) is 16.6. The Balaban J connectivity index is 1.56. The van der Waals surface area contributed by atoms with E-state index in [-0.39, 0.29) is 17.0 Å². The summed E-state index contributed by atoms with van der Waals surface area (Å²) in [6.07, 6.45) is 4.94. The van der Waals surface area contributed by atoms with E-state index in [4.69, 9.17) is 9.47 Å². The number of pyridine rings is 1. The van der Waals surface area contributed by atoms with Crippen LogP contribution in [0.1, 0.15) is 43.7 Å². The van der Waals surface area contributed by atoms with Crippen LogP contribution in [0.5, 0.6) is 11.6 Å². The van der Waals surface area contributed by atoms with Crippen molar-refractivity contribution >= 4 is 10.0 Å². The van der Waals surface area contributed by atoms with Crippen molar-refractivity contribution in [2.75, 3.05) is 6.61 Å². The Kier molecular flexibility index (Phi) is 6.57. The van der Waals surface area contributed by atoms with Gasteiger partial charge in [-0.1, -0.05) is 6.07 Å². The molecule has 0 amide bonds. The van der Waals surface area contributed by atoms with Gasteiger partial charge in [0.05, 0.1) is 11.5 Å². The van der Waals surface area contributed by atoms with E-state index in [1.807, 2.05) is 32.9 Å². The molecule has 28 heavy (non-hydrogen) atoms. The van der Waals surface area contributed by atoms with Crippen LogP contribution in [0, 0.1) is 13.8 Å². The summed E-state index contributed by atoms with van der Waals surface area (Å²) in [6.45, 7) is 6.29. The molecular formula is C21H28N2O4S. The van der Waals surface area contributed by atoms with Crippen molar-refractivity contribution in [2.45, 2.75) is 63.5 Å². The molecule has 1 heterocycles. The zero-order valence-corrected chi connectivity index (χ0v) is 17.5. The number of aryl methyl sites for hydroxylation is 2. The van der Waals surface area contributed by atoms with Gasteiger partial charge >= 0.3 is 0 Å². The van der Waals surface area contributed by atoms with Crippen molar-refractivity contribution in [1.29, 1.82) is 0 Å². The van der Waals surface area contributed by atoms with Gasteiger partial charge in [-0.3, -0.25) is 0 Å². The minimum absolute atomic E-state index is 0.0729. The molecule has 2 aromatic rings. The lowest BCUT2D eigenvalue weighted by atomic mass is 9.94. The highest BCUT2D eigenvalue weighted by atomic mass is 32.2. The maximum atomic E-state index is 12.7. The SMILES string of the molecule is CCOc1ccc(S(=O)(=O)NC2CCC(Oc3ccc(C)cn3)CC2)cc1C. The van der Waals surface area contributed by atoms with Gasteiger partial charge in [-0.25, -0.2) is 18.1 Å². The van der Waals surface area contributed by atoms with Gasteiger partial charge in [0.25, 0.3) is 0 Å². The Morgan fingerprint density at radius 2 is 1.86 bits per heavy atom. The van der Waals surface area contributed by atoms with Crippen molar-refractivity contribution in [2.24, 2.45) is 0 Å². The van der Waals surface area contributed by atoms with E-state index in [2.05, 4.69) is 9.71 Å². The molecule has 0 unspecified atom stereocenters. The molecule has 152 valence electrons. The summed E-state index contributed by atoms with van der Waals surface area (Å²) >= 11 is 0. The van der Waals surface area contributed by atoms with Crippen LogP contribution in [0.25, 0.3) is 0 Å². The molecule has 0 aliphatic heterocycles. The maximum Gasteiger partial charge on any atom is 0.240 e. The highest BCUT2D eigenvalue weighted by Crippen LogP contribution is 2.26. The number of aromatic nitrogens is 1.